The van der Waals surface area contributed by atoms with E-state index in [9.17, 15) is 4.79 Å². The Balaban J connectivity index is 1.29. The van der Waals surface area contributed by atoms with E-state index >= 15 is 0 Å². The zero-order valence-electron chi connectivity index (χ0n) is 17.0. The number of halogens is 1. The number of carbonyl (C=O) groups excluding carboxylic acids is 1. The van der Waals surface area contributed by atoms with Crippen LogP contribution in [0.25, 0.3) is 0 Å². The fraction of sp³-hybridized carbons (Fsp3) is 0.458. The maximum atomic E-state index is 13.0. The van der Waals surface area contributed by atoms with Crippen LogP contribution in [0.4, 0.5) is 5.69 Å². The van der Waals surface area contributed by atoms with Crippen molar-refractivity contribution in [3.63, 3.8) is 0 Å². The number of hydrogen-bond acceptors (Lipinski definition) is 3. The second-order valence-electron chi connectivity index (χ2n) is 8.11. The molecule has 1 atom stereocenters. The van der Waals surface area contributed by atoms with Gasteiger partial charge in [-0.3, -0.25) is 9.69 Å². The van der Waals surface area contributed by atoms with Crippen LogP contribution in [-0.2, 0) is 0 Å². The van der Waals surface area contributed by atoms with E-state index in [1.54, 1.807) is 0 Å². The van der Waals surface area contributed by atoms with E-state index in [0.717, 1.165) is 69.1 Å². The fourth-order valence-corrected chi connectivity index (χ4v) is 4.65. The first-order chi connectivity index (χ1) is 14.2. The van der Waals surface area contributed by atoms with E-state index in [2.05, 4.69) is 26.8 Å². The molecule has 4 nitrogen and oxygen atoms in total. The molecule has 2 aliphatic heterocycles. The van der Waals surface area contributed by atoms with Gasteiger partial charge in [-0.25, -0.2) is 0 Å². The first kappa shape index (κ1) is 20.2. The van der Waals surface area contributed by atoms with Crippen LogP contribution in [0.3, 0.4) is 0 Å². The van der Waals surface area contributed by atoms with Gasteiger partial charge < -0.3 is 9.80 Å². The van der Waals surface area contributed by atoms with Crippen molar-refractivity contribution in [3.8, 4) is 0 Å². The highest BCUT2D eigenvalue weighted by Crippen LogP contribution is 2.23. The van der Waals surface area contributed by atoms with Gasteiger partial charge in [-0.15, -0.1) is 0 Å². The van der Waals surface area contributed by atoms with Crippen LogP contribution >= 0.6 is 11.6 Å². The zero-order chi connectivity index (χ0) is 20.1. The quantitative estimate of drug-likeness (QED) is 0.722. The minimum atomic E-state index is 0.197. The Labute approximate surface area is 179 Å². The van der Waals surface area contributed by atoms with Crippen LogP contribution in [0.5, 0.6) is 0 Å². The molecule has 1 amide bonds. The Morgan fingerprint density at radius 2 is 1.62 bits per heavy atom. The summed E-state index contributed by atoms with van der Waals surface area (Å²) in [6.45, 7) is 6.18. The Bertz CT molecular complexity index is 788. The smallest absolute Gasteiger partial charge is 0.254 e. The second kappa shape index (κ2) is 9.64. The van der Waals surface area contributed by atoms with Crippen molar-refractivity contribution >= 4 is 23.2 Å². The van der Waals surface area contributed by atoms with Crippen molar-refractivity contribution in [1.82, 2.24) is 9.80 Å². The van der Waals surface area contributed by atoms with Crippen molar-refractivity contribution in [3.05, 3.63) is 65.2 Å². The average molecular weight is 412 g/mol. The molecule has 2 fully saturated rings. The highest BCUT2D eigenvalue weighted by molar-refractivity contribution is 6.30. The molecule has 2 aromatic rings. The van der Waals surface area contributed by atoms with Gasteiger partial charge in [0.15, 0.2) is 0 Å². The molecule has 0 saturated carbocycles. The third kappa shape index (κ3) is 5.12. The van der Waals surface area contributed by atoms with E-state index in [0.29, 0.717) is 6.04 Å². The van der Waals surface area contributed by atoms with E-state index in [-0.39, 0.29) is 5.91 Å². The number of hydrogen-bond donors (Lipinski definition) is 0. The van der Waals surface area contributed by atoms with Crippen LogP contribution in [-0.4, -0.2) is 61.0 Å². The predicted octanol–water partition coefficient (Wildman–Crippen LogP) is 4.55. The summed E-state index contributed by atoms with van der Waals surface area (Å²) in [6.07, 6.45) is 4.55. The number of benzene rings is 2. The number of anilines is 1. The van der Waals surface area contributed by atoms with E-state index in [4.69, 9.17) is 11.6 Å². The fourth-order valence-electron chi connectivity index (χ4n) is 4.53. The number of piperidine rings is 1. The number of nitrogens with zero attached hydrogens (tertiary/aromatic N) is 3. The standard InChI is InChI=1S/C24H30ClN3O/c25-21-9-11-22(12-10-21)27-18-16-26(17-19-27)15-13-23-8-4-5-14-28(23)24(29)20-6-2-1-3-7-20/h1-3,6-7,9-12,23H,4-5,8,13-19H2/t23-/m0/s1. The molecule has 4 rings (SSSR count). The van der Waals surface area contributed by atoms with Gasteiger partial charge in [0.2, 0.25) is 0 Å². The summed E-state index contributed by atoms with van der Waals surface area (Å²) in [4.78, 5) is 20.1. The molecule has 0 aliphatic carbocycles. The molecule has 0 aromatic heterocycles. The summed E-state index contributed by atoms with van der Waals surface area (Å²) in [5, 5.41) is 0.787. The van der Waals surface area contributed by atoms with Crippen LogP contribution in [0.1, 0.15) is 36.0 Å². The van der Waals surface area contributed by atoms with Crippen LogP contribution < -0.4 is 4.90 Å². The summed E-state index contributed by atoms with van der Waals surface area (Å²) >= 11 is 6.01. The normalized spacial score (nSPS) is 20.7. The average Bonchev–Trinajstić information content (AvgIpc) is 2.79. The number of likely N-dealkylation sites (tertiary alicyclic amines) is 1. The van der Waals surface area contributed by atoms with Gasteiger partial charge in [0.1, 0.15) is 0 Å². The summed E-state index contributed by atoms with van der Waals surface area (Å²) in [5.74, 6) is 0.197. The monoisotopic (exact) mass is 411 g/mol. The van der Waals surface area contributed by atoms with Crippen molar-refractivity contribution in [2.24, 2.45) is 0 Å². The number of rotatable bonds is 5. The molecule has 0 radical (unpaired) electrons. The SMILES string of the molecule is O=C(c1ccccc1)N1CCCC[C@H]1CCN1CCN(c2ccc(Cl)cc2)CC1. The van der Waals surface area contributed by atoms with Crippen molar-refractivity contribution in [1.29, 1.82) is 0 Å². The van der Waals surface area contributed by atoms with Gasteiger partial charge >= 0.3 is 0 Å². The van der Waals surface area contributed by atoms with E-state index in [1.165, 1.54) is 12.1 Å². The first-order valence-electron chi connectivity index (χ1n) is 10.8. The molecule has 0 bridgehead atoms. The number of amides is 1. The molecule has 29 heavy (non-hydrogen) atoms. The van der Waals surface area contributed by atoms with E-state index < -0.39 is 0 Å². The minimum Gasteiger partial charge on any atom is -0.369 e. The van der Waals surface area contributed by atoms with Gasteiger partial charge in [-0.1, -0.05) is 29.8 Å². The lowest BCUT2D eigenvalue weighted by Crippen LogP contribution is -2.49. The Morgan fingerprint density at radius 3 is 2.34 bits per heavy atom. The molecule has 5 heteroatoms. The summed E-state index contributed by atoms with van der Waals surface area (Å²) in [5.41, 5.74) is 2.07. The van der Waals surface area contributed by atoms with E-state index in [1.807, 2.05) is 42.5 Å². The Hall–Kier alpha value is -2.04. The summed E-state index contributed by atoms with van der Waals surface area (Å²) < 4.78 is 0. The molecular weight excluding hydrogens is 382 g/mol. The Morgan fingerprint density at radius 1 is 0.897 bits per heavy atom. The lowest BCUT2D eigenvalue weighted by atomic mass is 9.97. The van der Waals surface area contributed by atoms with Crippen molar-refractivity contribution < 1.29 is 4.79 Å². The molecule has 2 aliphatic rings. The van der Waals surface area contributed by atoms with Crippen LogP contribution in [0.2, 0.25) is 5.02 Å². The van der Waals surface area contributed by atoms with Gasteiger partial charge in [0.25, 0.3) is 5.91 Å². The lowest BCUT2D eigenvalue weighted by Gasteiger charge is -2.39. The maximum Gasteiger partial charge on any atom is 0.254 e. The van der Waals surface area contributed by atoms with Gasteiger partial charge in [0, 0.05) is 61.6 Å². The van der Waals surface area contributed by atoms with Crippen molar-refractivity contribution in [2.45, 2.75) is 31.7 Å². The molecule has 2 aromatic carbocycles. The van der Waals surface area contributed by atoms with Gasteiger partial charge in [0.05, 0.1) is 0 Å². The molecule has 2 saturated heterocycles. The first-order valence-corrected chi connectivity index (χ1v) is 11.2. The van der Waals surface area contributed by atoms with Gasteiger partial charge in [-0.2, -0.15) is 0 Å². The molecule has 0 spiro atoms. The summed E-state index contributed by atoms with van der Waals surface area (Å²) in [7, 11) is 0. The highest BCUT2D eigenvalue weighted by Gasteiger charge is 2.28. The predicted molar refractivity (Wildman–Crippen MR) is 120 cm³/mol. The topological polar surface area (TPSA) is 26.8 Å². The number of carbonyl (C=O) groups is 1. The number of piperazine rings is 1. The highest BCUT2D eigenvalue weighted by atomic mass is 35.5. The van der Waals surface area contributed by atoms with Crippen molar-refractivity contribution in [2.75, 3.05) is 44.2 Å². The third-order valence-electron chi connectivity index (χ3n) is 6.25. The molecular formula is C24H30ClN3O. The maximum absolute atomic E-state index is 13.0. The molecule has 154 valence electrons. The Kier molecular flexibility index (Phi) is 6.73. The molecule has 0 N–H and O–H groups in total. The van der Waals surface area contributed by atoms with Crippen LogP contribution in [0.15, 0.2) is 54.6 Å². The van der Waals surface area contributed by atoms with Crippen LogP contribution in [0, 0.1) is 0 Å². The summed E-state index contributed by atoms with van der Waals surface area (Å²) in [6, 6.07) is 18.2. The largest absolute Gasteiger partial charge is 0.369 e. The lowest BCUT2D eigenvalue weighted by molar-refractivity contribution is 0.0582. The third-order valence-corrected chi connectivity index (χ3v) is 6.50. The molecule has 0 unspecified atom stereocenters. The van der Waals surface area contributed by atoms with Gasteiger partial charge in [-0.05, 0) is 62.1 Å². The zero-order valence-corrected chi connectivity index (χ0v) is 17.7. The minimum absolute atomic E-state index is 0.197. The second-order valence-corrected chi connectivity index (χ2v) is 8.54. The molecule has 2 heterocycles.